The summed E-state index contributed by atoms with van der Waals surface area (Å²) in [7, 11) is 1.61. The van der Waals surface area contributed by atoms with Crippen LogP contribution in [0.3, 0.4) is 0 Å². The van der Waals surface area contributed by atoms with E-state index >= 15 is 0 Å². The molecule has 29 heavy (non-hydrogen) atoms. The number of carbonyl (C=O) groups is 1. The van der Waals surface area contributed by atoms with Crippen molar-refractivity contribution >= 4 is 22.9 Å². The molecule has 6 heteroatoms. The molecule has 3 aromatic rings. The lowest BCUT2D eigenvalue weighted by Gasteiger charge is -2.19. The van der Waals surface area contributed by atoms with Crippen molar-refractivity contribution in [3.05, 3.63) is 70.2 Å². The third-order valence-corrected chi connectivity index (χ3v) is 5.27. The standard InChI is InChI=1S/C23H26N2O3S/c1-23(2,3)16-5-9-20(10-6-16)28-14-22-25-18(15-29-22)13-21(26)24-17-7-11-19(27-4)12-8-17/h5-12,15H,13-14H2,1-4H3,(H,24,26). The van der Waals surface area contributed by atoms with Crippen molar-refractivity contribution in [2.24, 2.45) is 0 Å². The van der Waals surface area contributed by atoms with Crippen molar-refractivity contribution in [3.63, 3.8) is 0 Å². The van der Waals surface area contributed by atoms with Crippen LogP contribution in [0.1, 0.15) is 37.0 Å². The number of benzene rings is 2. The van der Waals surface area contributed by atoms with E-state index in [9.17, 15) is 4.79 Å². The number of anilines is 1. The smallest absolute Gasteiger partial charge is 0.230 e. The molecule has 0 aliphatic carbocycles. The molecule has 0 aliphatic rings. The molecule has 0 spiro atoms. The van der Waals surface area contributed by atoms with Gasteiger partial charge in [0.05, 0.1) is 19.2 Å². The zero-order chi connectivity index (χ0) is 20.9. The van der Waals surface area contributed by atoms with Gasteiger partial charge in [-0.1, -0.05) is 32.9 Å². The summed E-state index contributed by atoms with van der Waals surface area (Å²) in [5.74, 6) is 1.46. The van der Waals surface area contributed by atoms with Crippen LogP contribution in [-0.2, 0) is 23.2 Å². The van der Waals surface area contributed by atoms with Gasteiger partial charge in [-0.3, -0.25) is 4.79 Å². The van der Waals surface area contributed by atoms with Gasteiger partial charge in [-0.25, -0.2) is 4.98 Å². The molecule has 0 aliphatic heterocycles. The van der Waals surface area contributed by atoms with Gasteiger partial charge in [0.15, 0.2) is 0 Å². The van der Waals surface area contributed by atoms with Crippen LogP contribution >= 0.6 is 11.3 Å². The average Bonchev–Trinajstić information content (AvgIpc) is 3.13. The van der Waals surface area contributed by atoms with Crippen LogP contribution in [0.2, 0.25) is 0 Å². The Morgan fingerprint density at radius 2 is 1.69 bits per heavy atom. The largest absolute Gasteiger partial charge is 0.497 e. The van der Waals surface area contributed by atoms with Crippen LogP contribution in [0, 0.1) is 0 Å². The minimum absolute atomic E-state index is 0.106. The van der Waals surface area contributed by atoms with Gasteiger partial charge in [-0.15, -0.1) is 11.3 Å². The van der Waals surface area contributed by atoms with Crippen molar-refractivity contribution in [2.75, 3.05) is 12.4 Å². The molecule has 0 saturated heterocycles. The van der Waals surface area contributed by atoms with Crippen LogP contribution in [0.15, 0.2) is 53.9 Å². The topological polar surface area (TPSA) is 60.5 Å². The normalized spacial score (nSPS) is 11.2. The van der Waals surface area contributed by atoms with Gasteiger partial charge >= 0.3 is 0 Å². The van der Waals surface area contributed by atoms with Gasteiger partial charge in [0, 0.05) is 11.1 Å². The first-order valence-electron chi connectivity index (χ1n) is 9.44. The highest BCUT2D eigenvalue weighted by atomic mass is 32.1. The Morgan fingerprint density at radius 3 is 2.31 bits per heavy atom. The van der Waals surface area contributed by atoms with Crippen LogP contribution < -0.4 is 14.8 Å². The van der Waals surface area contributed by atoms with Crippen LogP contribution in [-0.4, -0.2) is 18.0 Å². The molecule has 1 N–H and O–H groups in total. The number of carbonyl (C=O) groups excluding carboxylic acids is 1. The Kier molecular flexibility index (Phi) is 6.54. The van der Waals surface area contributed by atoms with Crippen molar-refractivity contribution in [1.82, 2.24) is 4.98 Å². The first kappa shape index (κ1) is 20.9. The van der Waals surface area contributed by atoms with Crippen molar-refractivity contribution in [3.8, 4) is 11.5 Å². The van der Waals surface area contributed by atoms with Crippen molar-refractivity contribution in [1.29, 1.82) is 0 Å². The van der Waals surface area contributed by atoms with E-state index in [0.717, 1.165) is 27.9 Å². The number of nitrogens with one attached hydrogen (secondary N) is 1. The summed E-state index contributed by atoms with van der Waals surface area (Å²) >= 11 is 1.50. The average molecular weight is 411 g/mol. The summed E-state index contributed by atoms with van der Waals surface area (Å²) in [6.45, 7) is 6.94. The number of thiazole rings is 1. The summed E-state index contributed by atoms with van der Waals surface area (Å²) in [5.41, 5.74) is 2.86. The van der Waals surface area contributed by atoms with Crippen molar-refractivity contribution < 1.29 is 14.3 Å². The quantitative estimate of drug-likeness (QED) is 0.581. The molecule has 0 fully saturated rings. The predicted molar refractivity (Wildman–Crippen MR) is 117 cm³/mol. The summed E-state index contributed by atoms with van der Waals surface area (Å²) in [6.07, 6.45) is 0.225. The van der Waals surface area contributed by atoms with Gasteiger partial charge in [-0.05, 0) is 47.4 Å². The molecule has 1 aromatic heterocycles. The molecule has 0 bridgehead atoms. The van der Waals surface area contributed by atoms with Gasteiger partial charge in [-0.2, -0.15) is 0 Å². The lowest BCUT2D eigenvalue weighted by molar-refractivity contribution is -0.115. The van der Waals surface area contributed by atoms with Crippen LogP contribution in [0.4, 0.5) is 5.69 Å². The van der Waals surface area contributed by atoms with E-state index in [1.807, 2.05) is 41.8 Å². The monoisotopic (exact) mass is 410 g/mol. The van der Waals surface area contributed by atoms with E-state index < -0.39 is 0 Å². The zero-order valence-electron chi connectivity index (χ0n) is 17.2. The maximum absolute atomic E-state index is 12.2. The van der Waals surface area contributed by atoms with Gasteiger partial charge < -0.3 is 14.8 Å². The number of nitrogens with zero attached hydrogens (tertiary/aromatic N) is 1. The predicted octanol–water partition coefficient (Wildman–Crippen LogP) is 5.21. The summed E-state index contributed by atoms with van der Waals surface area (Å²) < 4.78 is 10.9. The van der Waals surface area contributed by atoms with Crippen LogP contribution in [0.25, 0.3) is 0 Å². The molecule has 5 nitrogen and oxygen atoms in total. The van der Waals surface area contributed by atoms with E-state index in [1.54, 1.807) is 7.11 Å². The molecule has 2 aromatic carbocycles. The molecular formula is C23H26N2O3S. The fraction of sp³-hybridized carbons (Fsp3) is 0.304. The number of hydrogen-bond donors (Lipinski definition) is 1. The lowest BCUT2D eigenvalue weighted by atomic mass is 9.87. The minimum Gasteiger partial charge on any atom is -0.497 e. The second-order valence-corrected chi connectivity index (χ2v) is 8.69. The molecule has 0 atom stereocenters. The minimum atomic E-state index is -0.106. The van der Waals surface area contributed by atoms with E-state index in [2.05, 4.69) is 43.2 Å². The first-order valence-corrected chi connectivity index (χ1v) is 10.3. The molecule has 0 saturated carbocycles. The van der Waals surface area contributed by atoms with Gasteiger partial charge in [0.25, 0.3) is 0 Å². The zero-order valence-corrected chi connectivity index (χ0v) is 18.0. The summed E-state index contributed by atoms with van der Waals surface area (Å²) in [6, 6.07) is 15.4. The SMILES string of the molecule is COc1ccc(NC(=O)Cc2csc(COc3ccc(C(C)(C)C)cc3)n2)cc1. The fourth-order valence-electron chi connectivity index (χ4n) is 2.74. The number of aromatic nitrogens is 1. The lowest BCUT2D eigenvalue weighted by Crippen LogP contribution is -2.14. The highest BCUT2D eigenvalue weighted by Crippen LogP contribution is 2.25. The van der Waals surface area contributed by atoms with Gasteiger partial charge in [0.1, 0.15) is 23.1 Å². The first-order chi connectivity index (χ1) is 13.8. The maximum Gasteiger partial charge on any atom is 0.230 e. The molecule has 3 rings (SSSR count). The molecule has 0 radical (unpaired) electrons. The second-order valence-electron chi connectivity index (χ2n) is 7.75. The fourth-order valence-corrected chi connectivity index (χ4v) is 3.44. The number of methoxy groups -OCH3 is 1. The van der Waals surface area contributed by atoms with Gasteiger partial charge in [0.2, 0.25) is 5.91 Å². The highest BCUT2D eigenvalue weighted by Gasteiger charge is 2.13. The van der Waals surface area contributed by atoms with E-state index in [-0.39, 0.29) is 17.7 Å². The number of rotatable bonds is 7. The third kappa shape index (κ3) is 6.06. The second kappa shape index (κ2) is 9.09. The molecule has 152 valence electrons. The Labute approximate surface area is 175 Å². The number of hydrogen-bond acceptors (Lipinski definition) is 5. The number of amides is 1. The van der Waals surface area contributed by atoms with Crippen molar-refractivity contribution in [2.45, 2.75) is 39.2 Å². The Bertz CT molecular complexity index is 942. The van der Waals surface area contributed by atoms with E-state index in [0.29, 0.717) is 6.61 Å². The molecule has 1 heterocycles. The molecular weight excluding hydrogens is 384 g/mol. The Hall–Kier alpha value is -2.86. The van der Waals surface area contributed by atoms with E-state index in [1.165, 1.54) is 16.9 Å². The van der Waals surface area contributed by atoms with E-state index in [4.69, 9.17) is 9.47 Å². The Morgan fingerprint density at radius 1 is 1.03 bits per heavy atom. The third-order valence-electron chi connectivity index (χ3n) is 4.40. The maximum atomic E-state index is 12.2. The highest BCUT2D eigenvalue weighted by molar-refractivity contribution is 7.09. The molecule has 1 amide bonds. The van der Waals surface area contributed by atoms with Crippen LogP contribution in [0.5, 0.6) is 11.5 Å². The summed E-state index contributed by atoms with van der Waals surface area (Å²) in [5, 5.41) is 5.61. The molecule has 0 unspecified atom stereocenters. The number of ether oxygens (including phenoxy) is 2. The Balaban J connectivity index is 1.50. The summed E-state index contributed by atoms with van der Waals surface area (Å²) in [4.78, 5) is 16.7.